The molecular formula is C23H24N4O9. The number of aliphatic carboxylic acids is 2. The Morgan fingerprint density at radius 1 is 1.08 bits per heavy atom. The van der Waals surface area contributed by atoms with Crippen molar-refractivity contribution in [1.29, 1.82) is 0 Å². The predicted octanol–water partition coefficient (Wildman–Crippen LogP) is -0.0958. The number of oxime groups is 1. The summed E-state index contributed by atoms with van der Waals surface area (Å²) in [6.07, 6.45) is 0.0880. The number of likely N-dealkylation sites (tertiary alicyclic amines) is 1. The van der Waals surface area contributed by atoms with Gasteiger partial charge in [-0.25, -0.2) is 4.79 Å². The van der Waals surface area contributed by atoms with E-state index in [1.54, 1.807) is 0 Å². The van der Waals surface area contributed by atoms with Gasteiger partial charge in [0, 0.05) is 12.0 Å². The van der Waals surface area contributed by atoms with E-state index >= 15 is 0 Å². The van der Waals surface area contributed by atoms with Crippen molar-refractivity contribution in [3.8, 4) is 11.5 Å². The van der Waals surface area contributed by atoms with Crippen LogP contribution in [0.15, 0.2) is 53.7 Å². The lowest BCUT2D eigenvalue weighted by Gasteiger charge is -2.42. The highest BCUT2D eigenvalue weighted by Gasteiger charge is 2.45. The van der Waals surface area contributed by atoms with Gasteiger partial charge in [0.1, 0.15) is 23.6 Å². The van der Waals surface area contributed by atoms with Crippen LogP contribution in [0.25, 0.3) is 0 Å². The lowest BCUT2D eigenvalue weighted by Crippen LogP contribution is -2.66. The second kappa shape index (κ2) is 11.2. The number of aromatic hydroxyl groups is 1. The summed E-state index contributed by atoms with van der Waals surface area (Å²) in [6.45, 7) is -0.0393. The van der Waals surface area contributed by atoms with Crippen molar-refractivity contribution in [2.75, 3.05) is 13.2 Å². The summed E-state index contributed by atoms with van der Waals surface area (Å²) in [5, 5.41) is 42.5. The Bertz CT molecular complexity index is 1170. The summed E-state index contributed by atoms with van der Waals surface area (Å²) in [6, 6.07) is 7.83. The summed E-state index contributed by atoms with van der Waals surface area (Å²) >= 11 is 0. The van der Waals surface area contributed by atoms with Gasteiger partial charge in [-0.1, -0.05) is 17.3 Å². The molecule has 13 heteroatoms. The number of carboxylic acids is 2. The smallest absolute Gasteiger partial charge is 0.331 e. The number of nitrogens with one attached hydrogen (secondary N) is 1. The highest BCUT2D eigenvalue weighted by atomic mass is 16.5. The molecule has 7 N–H and O–H groups in total. The number of amides is 2. The van der Waals surface area contributed by atoms with E-state index in [1.165, 1.54) is 48.5 Å². The maximum atomic E-state index is 12.6. The Hall–Kier alpha value is -4.65. The minimum atomic E-state index is -1.30. The Morgan fingerprint density at radius 3 is 2.25 bits per heavy atom. The molecule has 1 aliphatic rings. The fourth-order valence-electron chi connectivity index (χ4n) is 3.50. The molecule has 0 saturated carbocycles. The van der Waals surface area contributed by atoms with Crippen LogP contribution in [0.2, 0.25) is 0 Å². The number of carbonyl (C=O) groups is 4. The molecule has 0 spiro atoms. The van der Waals surface area contributed by atoms with Crippen molar-refractivity contribution in [3.63, 3.8) is 0 Å². The first-order valence-electron chi connectivity index (χ1n) is 10.7. The van der Waals surface area contributed by atoms with Crippen molar-refractivity contribution in [2.24, 2.45) is 10.9 Å². The molecule has 1 saturated heterocycles. The predicted molar refractivity (Wildman–Crippen MR) is 123 cm³/mol. The summed E-state index contributed by atoms with van der Waals surface area (Å²) < 4.78 is 5.40. The van der Waals surface area contributed by atoms with Gasteiger partial charge in [0.25, 0.3) is 5.91 Å². The lowest BCUT2D eigenvalue weighted by molar-refractivity contribution is -0.160. The summed E-state index contributed by atoms with van der Waals surface area (Å²) in [4.78, 5) is 48.8. The van der Waals surface area contributed by atoms with E-state index in [0.717, 1.165) is 4.90 Å². The summed E-state index contributed by atoms with van der Waals surface area (Å²) in [7, 11) is 0. The van der Waals surface area contributed by atoms with Gasteiger partial charge >= 0.3 is 11.9 Å². The Morgan fingerprint density at radius 2 is 1.72 bits per heavy atom. The number of rotatable bonds is 11. The number of benzene rings is 2. The molecule has 36 heavy (non-hydrogen) atoms. The molecule has 2 amide bonds. The maximum Gasteiger partial charge on any atom is 0.331 e. The van der Waals surface area contributed by atoms with Crippen LogP contribution in [0, 0.1) is 0 Å². The van der Waals surface area contributed by atoms with Crippen LogP contribution in [0.5, 0.6) is 11.5 Å². The number of phenols is 1. The number of β-lactam (4-membered cyclic amide) rings is 1. The average Bonchev–Trinajstić information content (AvgIpc) is 2.85. The van der Waals surface area contributed by atoms with E-state index in [-0.39, 0.29) is 42.2 Å². The number of hydrogen-bond donors (Lipinski definition) is 6. The zero-order valence-electron chi connectivity index (χ0n) is 18.8. The third-order valence-corrected chi connectivity index (χ3v) is 5.48. The van der Waals surface area contributed by atoms with Crippen molar-refractivity contribution >= 4 is 29.5 Å². The molecular weight excluding hydrogens is 476 g/mol. The molecule has 13 nitrogen and oxygen atoms in total. The second-order valence-corrected chi connectivity index (χ2v) is 7.90. The van der Waals surface area contributed by atoms with Crippen molar-refractivity contribution in [1.82, 2.24) is 10.2 Å². The van der Waals surface area contributed by atoms with Crippen LogP contribution >= 0.6 is 0 Å². The molecule has 0 aromatic heterocycles. The molecule has 0 bridgehead atoms. The summed E-state index contributed by atoms with van der Waals surface area (Å²) in [5.74, 6) is -3.59. The standard InChI is InChI=1S/C23H24N4O9/c24-16(22(31)32)9-10-36-15-7-3-12(4-8-15)18(26-35)20(29)25-17-11-27(21(17)30)19(23(33)34)13-1-5-14(28)6-2-13/h1-8,16-17,19,28,35H,9-11,24H2,(H,25,29)(H,31,32)(H,33,34)/b26-18-/t16-,17-,19-/m0/s1. The van der Waals surface area contributed by atoms with Gasteiger partial charge in [0.2, 0.25) is 5.91 Å². The number of carbonyl (C=O) groups excluding carboxylic acids is 2. The number of ether oxygens (including phenoxy) is 1. The SMILES string of the molecule is N[C@@H](CCOc1ccc(/C(=N/O)C(=O)N[C@H]2CN([C@H](C(=O)O)c3ccc(O)cc3)C2=O)cc1)C(=O)O. The molecule has 2 aromatic rings. The van der Waals surface area contributed by atoms with Gasteiger partial charge in [-0.3, -0.25) is 14.4 Å². The van der Waals surface area contributed by atoms with E-state index in [4.69, 9.17) is 15.6 Å². The van der Waals surface area contributed by atoms with Crippen molar-refractivity contribution < 1.29 is 44.4 Å². The number of hydrogen-bond acceptors (Lipinski definition) is 9. The molecule has 0 aliphatic carbocycles. The zero-order valence-corrected chi connectivity index (χ0v) is 18.8. The number of carboxylic acid groups (broad SMARTS) is 2. The van der Waals surface area contributed by atoms with Crippen LogP contribution in [-0.2, 0) is 19.2 Å². The van der Waals surface area contributed by atoms with E-state index in [9.17, 15) is 34.6 Å². The third-order valence-electron chi connectivity index (χ3n) is 5.48. The number of nitrogens with two attached hydrogens (primary N) is 1. The first kappa shape index (κ1) is 26.0. The number of phenolic OH excluding ortho intramolecular Hbond substituents is 1. The molecule has 2 aromatic carbocycles. The monoisotopic (exact) mass is 500 g/mol. The van der Waals surface area contributed by atoms with E-state index in [1.807, 2.05) is 0 Å². The van der Waals surface area contributed by atoms with Crippen LogP contribution in [0.3, 0.4) is 0 Å². The minimum absolute atomic E-state index is 0.0516. The maximum absolute atomic E-state index is 12.6. The molecule has 0 unspecified atom stereocenters. The Balaban J connectivity index is 1.59. The van der Waals surface area contributed by atoms with Crippen molar-refractivity contribution in [3.05, 3.63) is 59.7 Å². The average molecular weight is 500 g/mol. The van der Waals surface area contributed by atoms with Gasteiger partial charge in [-0.2, -0.15) is 0 Å². The van der Waals surface area contributed by atoms with Crippen LogP contribution in [0.4, 0.5) is 0 Å². The Kier molecular flexibility index (Phi) is 8.07. The Labute approximate surface area is 204 Å². The van der Waals surface area contributed by atoms with E-state index in [0.29, 0.717) is 5.75 Å². The van der Waals surface area contributed by atoms with Gasteiger partial charge < -0.3 is 41.2 Å². The third kappa shape index (κ3) is 5.88. The lowest BCUT2D eigenvalue weighted by atomic mass is 9.97. The van der Waals surface area contributed by atoms with Gasteiger partial charge in [0.15, 0.2) is 11.8 Å². The second-order valence-electron chi connectivity index (χ2n) is 7.90. The van der Waals surface area contributed by atoms with E-state index in [2.05, 4.69) is 10.5 Å². The fourth-order valence-corrected chi connectivity index (χ4v) is 3.50. The quantitative estimate of drug-likeness (QED) is 0.104. The molecule has 3 rings (SSSR count). The first-order chi connectivity index (χ1) is 17.1. The molecule has 1 fully saturated rings. The molecule has 1 aliphatic heterocycles. The van der Waals surface area contributed by atoms with Gasteiger partial charge in [0.05, 0.1) is 13.2 Å². The zero-order chi connectivity index (χ0) is 26.4. The highest BCUT2D eigenvalue weighted by Crippen LogP contribution is 2.28. The first-order valence-corrected chi connectivity index (χ1v) is 10.7. The molecule has 190 valence electrons. The van der Waals surface area contributed by atoms with Gasteiger partial charge in [-0.05, 0) is 42.0 Å². The molecule has 1 heterocycles. The minimum Gasteiger partial charge on any atom is -0.508 e. The molecule has 3 atom stereocenters. The van der Waals surface area contributed by atoms with Crippen LogP contribution in [0.1, 0.15) is 23.6 Å². The van der Waals surface area contributed by atoms with Crippen LogP contribution in [-0.4, -0.2) is 80.1 Å². The normalized spacial score (nSPS) is 17.0. The fraction of sp³-hybridized carbons (Fsp3) is 0.261. The summed E-state index contributed by atoms with van der Waals surface area (Å²) in [5.41, 5.74) is 5.51. The largest absolute Gasteiger partial charge is 0.508 e. The van der Waals surface area contributed by atoms with E-state index < -0.39 is 41.9 Å². The highest BCUT2D eigenvalue weighted by molar-refractivity contribution is 6.45. The number of nitrogens with zero attached hydrogens (tertiary/aromatic N) is 2. The molecule has 0 radical (unpaired) electrons. The van der Waals surface area contributed by atoms with Crippen LogP contribution < -0.4 is 15.8 Å². The van der Waals surface area contributed by atoms with Gasteiger partial charge in [-0.15, -0.1) is 0 Å². The topological polar surface area (TPSA) is 212 Å². The van der Waals surface area contributed by atoms with Crippen molar-refractivity contribution in [2.45, 2.75) is 24.5 Å².